The lowest BCUT2D eigenvalue weighted by Crippen LogP contribution is -2.01. The van der Waals surface area contributed by atoms with Crippen molar-refractivity contribution in [2.75, 3.05) is 14.2 Å². The monoisotopic (exact) mass is 517 g/mol. The molecule has 2 N–H and O–H groups in total. The second-order valence-corrected chi connectivity index (χ2v) is 10.9. The SMILES string of the molecule is COP(=O)(Cc1cccc(Cn2ccc(-c3cccc(Oc4ccc5[nH]ccc5c4CO)c3)n2)c1)OC. The Hall–Kier alpha value is -3.68. The molecule has 2 heterocycles. The summed E-state index contributed by atoms with van der Waals surface area (Å²) in [5.74, 6) is 1.27. The van der Waals surface area contributed by atoms with Gasteiger partial charge in [-0.3, -0.25) is 9.25 Å². The van der Waals surface area contributed by atoms with Crippen LogP contribution in [0.4, 0.5) is 0 Å². The molecule has 0 atom stereocenters. The molecule has 0 spiro atoms. The molecule has 37 heavy (non-hydrogen) atoms. The van der Waals surface area contributed by atoms with Crippen LogP contribution >= 0.6 is 7.60 Å². The zero-order chi connectivity index (χ0) is 25.8. The van der Waals surface area contributed by atoms with Gasteiger partial charge in [-0.05, 0) is 47.5 Å². The minimum Gasteiger partial charge on any atom is -0.457 e. The number of aliphatic hydroxyl groups is 1. The molecule has 5 rings (SSSR count). The number of nitrogens with one attached hydrogen (secondary N) is 1. The average molecular weight is 518 g/mol. The summed E-state index contributed by atoms with van der Waals surface area (Å²) in [6, 6.07) is 23.2. The van der Waals surface area contributed by atoms with Crippen molar-refractivity contribution in [1.29, 1.82) is 0 Å². The quantitative estimate of drug-likeness (QED) is 0.210. The van der Waals surface area contributed by atoms with Crippen molar-refractivity contribution < 1.29 is 23.5 Å². The number of hydrogen-bond donors (Lipinski definition) is 2. The van der Waals surface area contributed by atoms with Gasteiger partial charge in [0, 0.05) is 48.6 Å². The van der Waals surface area contributed by atoms with E-state index < -0.39 is 7.60 Å². The highest BCUT2D eigenvalue weighted by atomic mass is 31.2. The molecule has 5 aromatic rings. The van der Waals surface area contributed by atoms with Crippen molar-refractivity contribution in [3.8, 4) is 22.8 Å². The minimum atomic E-state index is -3.14. The molecule has 190 valence electrons. The van der Waals surface area contributed by atoms with E-state index in [-0.39, 0.29) is 12.8 Å². The summed E-state index contributed by atoms with van der Waals surface area (Å²) in [5, 5.41) is 15.6. The van der Waals surface area contributed by atoms with Crippen LogP contribution < -0.4 is 4.74 Å². The van der Waals surface area contributed by atoms with E-state index in [1.165, 1.54) is 14.2 Å². The number of fused-ring (bicyclic) bond motifs is 1. The molecule has 0 bridgehead atoms. The van der Waals surface area contributed by atoms with Gasteiger partial charge in [-0.1, -0.05) is 36.4 Å². The van der Waals surface area contributed by atoms with Gasteiger partial charge < -0.3 is 23.9 Å². The third kappa shape index (κ3) is 5.53. The van der Waals surface area contributed by atoms with E-state index in [4.69, 9.17) is 18.9 Å². The summed E-state index contributed by atoms with van der Waals surface area (Å²) in [6.45, 7) is 0.440. The maximum atomic E-state index is 12.5. The van der Waals surface area contributed by atoms with Gasteiger partial charge in [-0.2, -0.15) is 5.10 Å². The Labute approximate surface area is 215 Å². The number of benzene rings is 3. The molecule has 0 aliphatic heterocycles. The topological polar surface area (TPSA) is 98.6 Å². The zero-order valence-electron chi connectivity index (χ0n) is 20.6. The maximum Gasteiger partial charge on any atom is 0.334 e. The number of ether oxygens (including phenoxy) is 1. The Kier molecular flexibility index (Phi) is 7.26. The van der Waals surface area contributed by atoms with Crippen LogP contribution in [0.5, 0.6) is 11.5 Å². The molecule has 9 heteroatoms. The Bertz CT molecular complexity index is 1570. The van der Waals surface area contributed by atoms with Crippen LogP contribution in [0.25, 0.3) is 22.2 Å². The third-order valence-electron chi connectivity index (χ3n) is 6.23. The maximum absolute atomic E-state index is 12.5. The zero-order valence-corrected chi connectivity index (χ0v) is 21.5. The summed E-state index contributed by atoms with van der Waals surface area (Å²) in [4.78, 5) is 3.15. The van der Waals surface area contributed by atoms with Crippen molar-refractivity contribution in [3.63, 3.8) is 0 Å². The Balaban J connectivity index is 1.33. The average Bonchev–Trinajstić information content (AvgIpc) is 3.59. The van der Waals surface area contributed by atoms with Crippen molar-refractivity contribution in [2.24, 2.45) is 0 Å². The second kappa shape index (κ2) is 10.7. The lowest BCUT2D eigenvalue weighted by atomic mass is 10.1. The van der Waals surface area contributed by atoms with Gasteiger partial charge in [-0.15, -0.1) is 0 Å². The van der Waals surface area contributed by atoms with Crippen molar-refractivity contribution in [3.05, 3.63) is 102 Å². The lowest BCUT2D eigenvalue weighted by Gasteiger charge is -2.14. The van der Waals surface area contributed by atoms with Gasteiger partial charge in [0.1, 0.15) is 11.5 Å². The number of aromatic nitrogens is 3. The van der Waals surface area contributed by atoms with Gasteiger partial charge in [0.15, 0.2) is 0 Å². The van der Waals surface area contributed by atoms with E-state index in [0.29, 0.717) is 18.0 Å². The van der Waals surface area contributed by atoms with Crippen LogP contribution in [0.3, 0.4) is 0 Å². The summed E-state index contributed by atoms with van der Waals surface area (Å²) >= 11 is 0. The van der Waals surface area contributed by atoms with Crippen LogP contribution in [0.1, 0.15) is 16.7 Å². The highest BCUT2D eigenvalue weighted by Crippen LogP contribution is 2.49. The summed E-state index contributed by atoms with van der Waals surface area (Å²) < 4.78 is 30.6. The lowest BCUT2D eigenvalue weighted by molar-refractivity contribution is 0.274. The molecular weight excluding hydrogens is 489 g/mol. The molecule has 2 aromatic heterocycles. The van der Waals surface area contributed by atoms with E-state index in [0.717, 1.165) is 38.9 Å². The van der Waals surface area contributed by atoms with Crippen LogP contribution in [-0.2, 0) is 32.9 Å². The third-order valence-corrected chi connectivity index (χ3v) is 8.09. The first-order valence-electron chi connectivity index (χ1n) is 11.8. The molecule has 0 unspecified atom stereocenters. The smallest absolute Gasteiger partial charge is 0.334 e. The fraction of sp³-hybridized carbons (Fsp3) is 0.179. The number of nitrogens with zero attached hydrogens (tertiary/aromatic N) is 2. The fourth-order valence-corrected chi connectivity index (χ4v) is 5.38. The second-order valence-electron chi connectivity index (χ2n) is 8.62. The predicted molar refractivity (Wildman–Crippen MR) is 143 cm³/mol. The normalized spacial score (nSPS) is 11.8. The predicted octanol–water partition coefficient (Wildman–Crippen LogP) is 6.35. The van der Waals surface area contributed by atoms with Gasteiger partial charge in [-0.25, -0.2) is 0 Å². The first-order valence-corrected chi connectivity index (χ1v) is 13.5. The number of H-pyrrole nitrogens is 1. The summed E-state index contributed by atoms with van der Waals surface area (Å²) in [5.41, 5.74) is 5.32. The van der Waals surface area contributed by atoms with Crippen molar-refractivity contribution >= 4 is 18.5 Å². The molecule has 0 aliphatic rings. The van der Waals surface area contributed by atoms with E-state index in [9.17, 15) is 9.67 Å². The van der Waals surface area contributed by atoms with Crippen molar-refractivity contribution in [2.45, 2.75) is 19.3 Å². The Morgan fingerprint density at radius 1 is 0.973 bits per heavy atom. The van der Waals surface area contributed by atoms with Crippen LogP contribution in [0.15, 0.2) is 85.2 Å². The Morgan fingerprint density at radius 2 is 1.78 bits per heavy atom. The van der Waals surface area contributed by atoms with Crippen LogP contribution in [-0.4, -0.2) is 34.1 Å². The molecule has 0 aliphatic carbocycles. The molecule has 0 saturated carbocycles. The van der Waals surface area contributed by atoms with Crippen molar-refractivity contribution in [1.82, 2.24) is 14.8 Å². The van der Waals surface area contributed by atoms with Crippen LogP contribution in [0.2, 0.25) is 0 Å². The first-order chi connectivity index (χ1) is 18.0. The Morgan fingerprint density at radius 3 is 2.59 bits per heavy atom. The minimum absolute atomic E-state index is 0.121. The number of hydrogen-bond acceptors (Lipinski definition) is 6. The van der Waals surface area contributed by atoms with E-state index >= 15 is 0 Å². The van der Waals surface area contributed by atoms with Gasteiger partial charge >= 0.3 is 7.60 Å². The summed E-state index contributed by atoms with van der Waals surface area (Å²) in [6.07, 6.45) is 3.98. The standard InChI is InChI=1S/C28H28N3O5P/c1-34-37(33,35-2)19-21-6-3-5-20(15-21)17-31-14-12-26(30-31)22-7-4-8-23(16-22)36-28-10-9-27-24(11-13-29-27)25(28)18-32/h3-16,29,32H,17-19H2,1-2H3. The summed E-state index contributed by atoms with van der Waals surface area (Å²) in [7, 11) is -0.347. The molecule has 0 radical (unpaired) electrons. The highest BCUT2D eigenvalue weighted by Gasteiger charge is 2.21. The number of aromatic amines is 1. The molecule has 0 saturated heterocycles. The molecular formula is C28H28N3O5P. The molecule has 8 nitrogen and oxygen atoms in total. The number of rotatable bonds is 10. The van der Waals surface area contributed by atoms with E-state index in [1.807, 2.05) is 89.9 Å². The fourth-order valence-electron chi connectivity index (χ4n) is 4.32. The number of aliphatic hydroxyl groups excluding tert-OH is 1. The van der Waals surface area contributed by atoms with E-state index in [1.54, 1.807) is 0 Å². The molecule has 3 aromatic carbocycles. The molecule has 0 fully saturated rings. The van der Waals surface area contributed by atoms with Gasteiger partial charge in [0.2, 0.25) is 0 Å². The highest BCUT2D eigenvalue weighted by molar-refractivity contribution is 7.52. The van der Waals surface area contributed by atoms with Gasteiger partial charge in [0.25, 0.3) is 0 Å². The largest absolute Gasteiger partial charge is 0.457 e. The van der Waals surface area contributed by atoms with Crippen LogP contribution in [0, 0.1) is 0 Å². The van der Waals surface area contributed by atoms with E-state index in [2.05, 4.69) is 4.98 Å². The van der Waals surface area contributed by atoms with Gasteiger partial charge in [0.05, 0.1) is 25.0 Å². The molecule has 0 amide bonds. The first kappa shape index (κ1) is 25.0.